The molecule has 0 aromatic carbocycles. The van der Waals surface area contributed by atoms with Crippen LogP contribution >= 0.6 is 0 Å². The Morgan fingerprint density at radius 3 is 1.67 bits per heavy atom. The van der Waals surface area contributed by atoms with Crippen LogP contribution in [0.1, 0.15) is 0 Å². The van der Waals surface area contributed by atoms with Crippen molar-refractivity contribution >= 4 is 29.6 Å². The predicted molar refractivity (Wildman–Crippen MR) is 34.9 cm³/mol. The summed E-state index contributed by atoms with van der Waals surface area (Å²) in [6, 6.07) is 0. The molecule has 0 aromatic rings. The van der Waals surface area contributed by atoms with Crippen LogP contribution in [0.4, 0.5) is 22.0 Å². The molecule has 0 fully saturated rings. The normalized spacial score (nSPS) is 20.5. The van der Waals surface area contributed by atoms with E-state index in [-0.39, 0.29) is 29.6 Å². The van der Waals surface area contributed by atoms with Crippen molar-refractivity contribution in [1.82, 2.24) is 0 Å². The van der Waals surface area contributed by atoms with E-state index in [2.05, 4.69) is 0 Å². The molecule has 0 rings (SSSR count). The number of halogens is 5. The van der Waals surface area contributed by atoms with Crippen molar-refractivity contribution in [3.05, 3.63) is 0 Å². The third kappa shape index (κ3) is 4.59. The summed E-state index contributed by atoms with van der Waals surface area (Å²) < 4.78 is 58.6. The zero-order valence-electron chi connectivity index (χ0n) is 5.35. The van der Waals surface area contributed by atoms with Gasteiger partial charge in [0, 0.05) is 0 Å². The SMILES string of the molecule is OC(F)C(F)C(F)C(F)CF.[NaH]. The molecule has 0 spiro atoms. The first kappa shape index (κ1) is 15.1. The molecule has 4 atom stereocenters. The van der Waals surface area contributed by atoms with E-state index in [1.165, 1.54) is 0 Å². The summed E-state index contributed by atoms with van der Waals surface area (Å²) >= 11 is 0. The van der Waals surface area contributed by atoms with Gasteiger partial charge in [-0.3, -0.25) is 0 Å². The van der Waals surface area contributed by atoms with Gasteiger partial charge < -0.3 is 5.11 Å². The fraction of sp³-hybridized carbons (Fsp3) is 1.00. The average Bonchev–Trinajstić information content (AvgIpc) is 2.00. The van der Waals surface area contributed by atoms with Crippen LogP contribution < -0.4 is 0 Å². The monoisotopic (exact) mass is 202 g/mol. The summed E-state index contributed by atoms with van der Waals surface area (Å²) in [6.07, 6.45) is -11.8. The summed E-state index contributed by atoms with van der Waals surface area (Å²) in [7, 11) is 0. The van der Waals surface area contributed by atoms with E-state index in [0.29, 0.717) is 0 Å². The molecule has 0 radical (unpaired) electrons. The van der Waals surface area contributed by atoms with E-state index in [4.69, 9.17) is 5.11 Å². The summed E-state index contributed by atoms with van der Waals surface area (Å²) in [6.45, 7) is -1.74. The first-order chi connectivity index (χ1) is 5.00. The summed E-state index contributed by atoms with van der Waals surface area (Å²) in [5.41, 5.74) is 0. The van der Waals surface area contributed by atoms with Crippen LogP contribution in [0, 0.1) is 0 Å². The topological polar surface area (TPSA) is 20.2 Å². The Labute approximate surface area is 88.2 Å². The number of hydrogen-bond donors (Lipinski definition) is 1. The van der Waals surface area contributed by atoms with Gasteiger partial charge in [-0.25, -0.2) is 22.0 Å². The van der Waals surface area contributed by atoms with Gasteiger partial charge in [0.25, 0.3) is 0 Å². The molecule has 12 heavy (non-hydrogen) atoms. The molecule has 0 aliphatic heterocycles. The van der Waals surface area contributed by atoms with E-state index < -0.39 is 31.5 Å². The molecule has 0 heterocycles. The summed E-state index contributed by atoms with van der Waals surface area (Å²) in [5, 5.41) is 7.76. The molecule has 7 heteroatoms. The first-order valence-corrected chi connectivity index (χ1v) is 2.81. The minimum absolute atomic E-state index is 0. The molecule has 0 aliphatic rings. The molecular weight excluding hydrogens is 194 g/mol. The fourth-order valence-electron chi connectivity index (χ4n) is 0.436. The standard InChI is InChI=1S/C5H7F5O.Na.H/c6-1-2(7)3(8)4(9)5(10)11;;/h2-5,11H,1H2;;. The van der Waals surface area contributed by atoms with Crippen molar-refractivity contribution in [2.75, 3.05) is 6.67 Å². The Balaban J connectivity index is 0. The van der Waals surface area contributed by atoms with Crippen LogP contribution in [-0.4, -0.2) is 66.2 Å². The van der Waals surface area contributed by atoms with Crippen molar-refractivity contribution in [1.29, 1.82) is 0 Å². The van der Waals surface area contributed by atoms with Gasteiger partial charge in [0.05, 0.1) is 0 Å². The van der Waals surface area contributed by atoms with Gasteiger partial charge in [-0.2, -0.15) is 0 Å². The maximum absolute atomic E-state index is 12.1. The minimum atomic E-state index is -3.12. The zero-order chi connectivity index (χ0) is 9.02. The van der Waals surface area contributed by atoms with Gasteiger partial charge in [0.2, 0.25) is 6.36 Å². The third-order valence-electron chi connectivity index (χ3n) is 1.06. The molecule has 0 bridgehead atoms. The molecule has 4 unspecified atom stereocenters. The Morgan fingerprint density at radius 2 is 1.42 bits per heavy atom. The maximum atomic E-state index is 12.1. The van der Waals surface area contributed by atoms with E-state index in [1.54, 1.807) is 0 Å². The van der Waals surface area contributed by atoms with Crippen LogP contribution in [0.5, 0.6) is 0 Å². The fourth-order valence-corrected chi connectivity index (χ4v) is 0.436. The molecule has 1 nitrogen and oxygen atoms in total. The van der Waals surface area contributed by atoms with Crippen molar-refractivity contribution in [3.63, 3.8) is 0 Å². The van der Waals surface area contributed by atoms with Crippen molar-refractivity contribution in [2.24, 2.45) is 0 Å². The molecule has 1 N–H and O–H groups in total. The Morgan fingerprint density at radius 1 is 1.00 bits per heavy atom. The summed E-state index contributed by atoms with van der Waals surface area (Å²) in [4.78, 5) is 0. The molecule has 0 aliphatic carbocycles. The van der Waals surface area contributed by atoms with Crippen LogP contribution in [0.2, 0.25) is 0 Å². The zero-order valence-corrected chi connectivity index (χ0v) is 5.35. The molecule has 0 aromatic heterocycles. The van der Waals surface area contributed by atoms with E-state index in [9.17, 15) is 22.0 Å². The van der Waals surface area contributed by atoms with Gasteiger partial charge in [0.1, 0.15) is 6.67 Å². The van der Waals surface area contributed by atoms with Crippen molar-refractivity contribution in [2.45, 2.75) is 24.9 Å². The molecule has 0 saturated heterocycles. The predicted octanol–water partition coefficient (Wildman–Crippen LogP) is 0.610. The van der Waals surface area contributed by atoms with Gasteiger partial charge in [-0.05, 0) is 0 Å². The number of aliphatic hydroxyl groups is 1. The Bertz CT molecular complexity index is 114. The second-order valence-corrected chi connectivity index (χ2v) is 1.93. The van der Waals surface area contributed by atoms with E-state index >= 15 is 0 Å². The Hall–Kier alpha value is 0.610. The number of rotatable bonds is 4. The number of aliphatic hydroxyl groups excluding tert-OH is 1. The molecule has 70 valence electrons. The number of alkyl halides is 5. The number of hydrogen-bond acceptors (Lipinski definition) is 1. The quantitative estimate of drug-likeness (QED) is 0.523. The molecule has 0 amide bonds. The summed E-state index contributed by atoms with van der Waals surface area (Å²) in [5.74, 6) is 0. The van der Waals surface area contributed by atoms with E-state index in [1.807, 2.05) is 0 Å². The Kier molecular flexibility index (Phi) is 8.88. The van der Waals surface area contributed by atoms with Crippen molar-refractivity contribution < 1.29 is 27.1 Å². The van der Waals surface area contributed by atoms with Crippen LogP contribution in [0.25, 0.3) is 0 Å². The van der Waals surface area contributed by atoms with Crippen molar-refractivity contribution in [3.8, 4) is 0 Å². The third-order valence-corrected chi connectivity index (χ3v) is 1.06. The van der Waals surface area contributed by atoms with Crippen LogP contribution in [0.3, 0.4) is 0 Å². The van der Waals surface area contributed by atoms with Crippen LogP contribution in [0.15, 0.2) is 0 Å². The van der Waals surface area contributed by atoms with Gasteiger partial charge in [-0.15, -0.1) is 0 Å². The van der Waals surface area contributed by atoms with Gasteiger partial charge >= 0.3 is 29.6 Å². The second-order valence-electron chi connectivity index (χ2n) is 1.93. The van der Waals surface area contributed by atoms with Gasteiger partial charge in [-0.1, -0.05) is 0 Å². The average molecular weight is 202 g/mol. The van der Waals surface area contributed by atoms with E-state index in [0.717, 1.165) is 0 Å². The first-order valence-electron chi connectivity index (χ1n) is 2.81. The molecular formula is C5H8F5NaO. The van der Waals surface area contributed by atoms with Gasteiger partial charge in [0.15, 0.2) is 18.5 Å². The second kappa shape index (κ2) is 7.06. The van der Waals surface area contributed by atoms with Crippen LogP contribution in [-0.2, 0) is 0 Å². The molecule has 0 saturated carbocycles.